The third kappa shape index (κ3) is 3.14. The topological polar surface area (TPSA) is 15.3 Å². The van der Waals surface area contributed by atoms with E-state index in [0.29, 0.717) is 18.0 Å². The molecule has 1 aromatic carbocycles. The molecular weight excluding hydrogens is 220 g/mol. The molecule has 1 aromatic rings. The molecule has 0 radical (unpaired) electrons. The van der Waals surface area contributed by atoms with E-state index in [4.69, 9.17) is 0 Å². The molecule has 0 unspecified atom stereocenters. The third-order valence-corrected chi connectivity index (χ3v) is 3.92. The van der Waals surface area contributed by atoms with Crippen LogP contribution in [0.1, 0.15) is 20.3 Å². The fourth-order valence-electron chi connectivity index (χ4n) is 2.80. The van der Waals surface area contributed by atoms with Crippen molar-refractivity contribution >= 4 is 5.69 Å². The van der Waals surface area contributed by atoms with E-state index in [1.54, 1.807) is 0 Å². The zero-order valence-electron chi connectivity index (χ0n) is 11.5. The van der Waals surface area contributed by atoms with Crippen LogP contribution in [0.2, 0.25) is 0 Å². The van der Waals surface area contributed by atoms with Crippen molar-refractivity contribution in [3.8, 4) is 0 Å². The fourth-order valence-corrected chi connectivity index (χ4v) is 2.80. The van der Waals surface area contributed by atoms with E-state index in [-0.39, 0.29) is 0 Å². The van der Waals surface area contributed by atoms with Gasteiger partial charge >= 0.3 is 0 Å². The zero-order chi connectivity index (χ0) is 13.0. The van der Waals surface area contributed by atoms with E-state index >= 15 is 0 Å². The van der Waals surface area contributed by atoms with E-state index in [2.05, 4.69) is 61.0 Å². The molecule has 2 heteroatoms. The van der Waals surface area contributed by atoms with Crippen molar-refractivity contribution in [1.29, 1.82) is 0 Å². The van der Waals surface area contributed by atoms with Gasteiger partial charge in [-0.2, -0.15) is 0 Å². The average Bonchev–Trinajstić information content (AvgIpc) is 2.37. The second kappa shape index (κ2) is 6.05. The molecule has 1 aliphatic heterocycles. The summed E-state index contributed by atoms with van der Waals surface area (Å²) in [6, 6.07) is 11.7. The summed E-state index contributed by atoms with van der Waals surface area (Å²) in [5, 5.41) is 3.67. The van der Waals surface area contributed by atoms with Crippen molar-refractivity contribution in [1.82, 2.24) is 4.90 Å². The number of nitrogens with zero attached hydrogens (tertiary/aromatic N) is 1. The standard InChI is InChI=1S/C16H24N2/c1-4-10-18-12-13(2)16(11-14(18)3)17-15-8-6-5-7-9-15/h4-9,13-14,16-17H,1,10-12H2,2-3H3/t13-,14+,16+/m0/s1. The lowest BCUT2D eigenvalue weighted by Gasteiger charge is -2.42. The van der Waals surface area contributed by atoms with Gasteiger partial charge in [0.2, 0.25) is 0 Å². The summed E-state index contributed by atoms with van der Waals surface area (Å²) < 4.78 is 0. The van der Waals surface area contributed by atoms with Crippen molar-refractivity contribution in [3.05, 3.63) is 43.0 Å². The number of benzene rings is 1. The predicted octanol–water partition coefficient (Wildman–Crippen LogP) is 3.38. The van der Waals surface area contributed by atoms with Gasteiger partial charge in [-0.25, -0.2) is 0 Å². The Morgan fingerprint density at radius 1 is 1.33 bits per heavy atom. The Balaban J connectivity index is 1.97. The summed E-state index contributed by atoms with van der Waals surface area (Å²) >= 11 is 0. The van der Waals surface area contributed by atoms with Gasteiger partial charge in [0.15, 0.2) is 0 Å². The first-order chi connectivity index (χ1) is 8.70. The Hall–Kier alpha value is -1.28. The average molecular weight is 244 g/mol. The van der Waals surface area contributed by atoms with Crippen LogP contribution in [0.25, 0.3) is 0 Å². The predicted molar refractivity (Wildman–Crippen MR) is 78.9 cm³/mol. The van der Waals surface area contributed by atoms with Gasteiger partial charge in [0.25, 0.3) is 0 Å². The first-order valence-corrected chi connectivity index (χ1v) is 6.87. The van der Waals surface area contributed by atoms with Crippen molar-refractivity contribution in [2.24, 2.45) is 5.92 Å². The van der Waals surface area contributed by atoms with Gasteiger partial charge in [0.05, 0.1) is 0 Å². The zero-order valence-corrected chi connectivity index (χ0v) is 11.5. The fraction of sp³-hybridized carbons (Fsp3) is 0.500. The van der Waals surface area contributed by atoms with E-state index in [9.17, 15) is 0 Å². The minimum Gasteiger partial charge on any atom is -0.382 e. The second-order valence-electron chi connectivity index (χ2n) is 5.42. The van der Waals surface area contributed by atoms with E-state index in [1.165, 1.54) is 12.1 Å². The maximum atomic E-state index is 3.84. The number of hydrogen-bond acceptors (Lipinski definition) is 2. The van der Waals surface area contributed by atoms with Gasteiger partial charge in [-0.15, -0.1) is 6.58 Å². The van der Waals surface area contributed by atoms with Gasteiger partial charge in [-0.05, 0) is 31.4 Å². The first kappa shape index (κ1) is 13.2. The normalized spacial score (nSPS) is 28.9. The van der Waals surface area contributed by atoms with Crippen LogP contribution < -0.4 is 5.32 Å². The smallest absolute Gasteiger partial charge is 0.0342 e. The Morgan fingerprint density at radius 3 is 2.72 bits per heavy atom. The number of piperidine rings is 1. The van der Waals surface area contributed by atoms with Crippen LogP contribution in [0.4, 0.5) is 5.69 Å². The molecule has 0 spiro atoms. The highest BCUT2D eigenvalue weighted by molar-refractivity contribution is 5.43. The number of hydrogen-bond donors (Lipinski definition) is 1. The lowest BCUT2D eigenvalue weighted by Crippen LogP contribution is -2.49. The molecule has 18 heavy (non-hydrogen) atoms. The van der Waals surface area contributed by atoms with E-state index < -0.39 is 0 Å². The van der Waals surface area contributed by atoms with Gasteiger partial charge in [-0.3, -0.25) is 4.90 Å². The monoisotopic (exact) mass is 244 g/mol. The Kier molecular flexibility index (Phi) is 4.43. The molecule has 0 aromatic heterocycles. The highest BCUT2D eigenvalue weighted by atomic mass is 15.2. The Bertz CT molecular complexity index is 374. The molecule has 1 fully saturated rings. The summed E-state index contributed by atoms with van der Waals surface area (Å²) in [6.45, 7) is 10.6. The number of likely N-dealkylation sites (tertiary alicyclic amines) is 1. The highest BCUT2D eigenvalue weighted by Gasteiger charge is 2.29. The molecule has 1 heterocycles. The summed E-state index contributed by atoms with van der Waals surface area (Å²) in [4.78, 5) is 2.51. The summed E-state index contributed by atoms with van der Waals surface area (Å²) in [5.74, 6) is 0.668. The van der Waals surface area contributed by atoms with Gasteiger partial charge in [-0.1, -0.05) is 31.2 Å². The molecule has 1 saturated heterocycles. The van der Waals surface area contributed by atoms with Crippen molar-refractivity contribution in [2.45, 2.75) is 32.4 Å². The third-order valence-electron chi connectivity index (χ3n) is 3.92. The number of nitrogens with one attached hydrogen (secondary N) is 1. The highest BCUT2D eigenvalue weighted by Crippen LogP contribution is 2.25. The SMILES string of the molecule is C=CCN1C[C@H](C)[C@H](Nc2ccccc2)C[C@H]1C. The lowest BCUT2D eigenvalue weighted by molar-refractivity contribution is 0.129. The summed E-state index contributed by atoms with van der Waals surface area (Å²) in [6.07, 6.45) is 3.21. The van der Waals surface area contributed by atoms with Crippen LogP contribution in [-0.4, -0.2) is 30.1 Å². The molecule has 98 valence electrons. The molecule has 0 aliphatic carbocycles. The molecule has 2 rings (SSSR count). The Morgan fingerprint density at radius 2 is 2.06 bits per heavy atom. The van der Waals surface area contributed by atoms with Crippen LogP contribution in [0.5, 0.6) is 0 Å². The van der Waals surface area contributed by atoms with Gasteiger partial charge in [0, 0.05) is 30.9 Å². The summed E-state index contributed by atoms with van der Waals surface area (Å²) in [7, 11) is 0. The largest absolute Gasteiger partial charge is 0.382 e. The number of para-hydroxylation sites is 1. The Labute approximate surface area is 111 Å². The van der Waals surface area contributed by atoms with Crippen molar-refractivity contribution in [2.75, 3.05) is 18.4 Å². The maximum absolute atomic E-state index is 3.84. The maximum Gasteiger partial charge on any atom is 0.0342 e. The molecule has 1 N–H and O–H groups in total. The van der Waals surface area contributed by atoms with Crippen LogP contribution >= 0.6 is 0 Å². The van der Waals surface area contributed by atoms with Crippen LogP contribution in [0.15, 0.2) is 43.0 Å². The van der Waals surface area contributed by atoms with Crippen LogP contribution in [0.3, 0.4) is 0 Å². The quantitative estimate of drug-likeness (QED) is 0.817. The first-order valence-electron chi connectivity index (χ1n) is 6.87. The second-order valence-corrected chi connectivity index (χ2v) is 5.42. The van der Waals surface area contributed by atoms with Crippen LogP contribution in [0, 0.1) is 5.92 Å². The number of rotatable bonds is 4. The molecule has 2 nitrogen and oxygen atoms in total. The molecule has 0 saturated carbocycles. The molecule has 0 amide bonds. The molecule has 0 bridgehead atoms. The molecular formula is C16H24N2. The minimum absolute atomic E-state index is 0.573. The molecule has 1 aliphatic rings. The summed E-state index contributed by atoms with van der Waals surface area (Å²) in [5.41, 5.74) is 1.23. The van der Waals surface area contributed by atoms with E-state index in [0.717, 1.165) is 13.1 Å². The van der Waals surface area contributed by atoms with E-state index in [1.807, 2.05) is 6.08 Å². The lowest BCUT2D eigenvalue weighted by atomic mass is 9.89. The number of anilines is 1. The van der Waals surface area contributed by atoms with Crippen LogP contribution in [-0.2, 0) is 0 Å². The molecule has 3 atom stereocenters. The van der Waals surface area contributed by atoms with Gasteiger partial charge in [0.1, 0.15) is 0 Å². The minimum atomic E-state index is 0.573. The van der Waals surface area contributed by atoms with Crippen molar-refractivity contribution in [3.63, 3.8) is 0 Å². The van der Waals surface area contributed by atoms with Crippen molar-refractivity contribution < 1.29 is 0 Å². The van der Waals surface area contributed by atoms with Gasteiger partial charge < -0.3 is 5.32 Å².